The number of hydrogen-bond donors (Lipinski definition) is 1. The number of allylic oxidation sites excluding steroid dienone is 2. The van der Waals surface area contributed by atoms with Crippen LogP contribution in [0.25, 0.3) is 6.08 Å². The molecule has 0 amide bonds. The molecule has 0 saturated carbocycles. The van der Waals surface area contributed by atoms with Gasteiger partial charge in [0, 0.05) is 16.3 Å². The molecule has 1 N–H and O–H groups in total. The molecule has 0 saturated heterocycles. The molecule has 1 rings (SSSR count). The van der Waals surface area contributed by atoms with Crippen molar-refractivity contribution in [3.05, 3.63) is 34.6 Å². The van der Waals surface area contributed by atoms with Crippen LogP contribution in [0, 0.1) is 6.92 Å². The Bertz CT molecular complexity index is 341. The van der Waals surface area contributed by atoms with Crippen LogP contribution in [0.2, 0.25) is 0 Å². The molecule has 0 fully saturated rings. The van der Waals surface area contributed by atoms with Crippen LogP contribution in [0.1, 0.15) is 17.0 Å². The van der Waals surface area contributed by atoms with E-state index in [0.29, 0.717) is 16.3 Å². The van der Waals surface area contributed by atoms with E-state index in [2.05, 4.69) is 16.8 Å². The summed E-state index contributed by atoms with van der Waals surface area (Å²) in [6, 6.07) is 0. The topological polar surface area (TPSA) is 28.7 Å². The summed E-state index contributed by atoms with van der Waals surface area (Å²) in [6.45, 7) is 4.71. The van der Waals surface area contributed by atoms with Crippen molar-refractivity contribution in [3.63, 3.8) is 0 Å². The van der Waals surface area contributed by atoms with Gasteiger partial charge in [0.2, 0.25) is 0 Å². The monoisotopic (exact) mass is 200 g/mol. The minimum atomic E-state index is -0.600. The van der Waals surface area contributed by atoms with Crippen LogP contribution in [-0.2, 0) is 6.67 Å². The Morgan fingerprint density at radius 3 is 3.00 bits per heavy atom. The van der Waals surface area contributed by atoms with Crippen LogP contribution in [0.4, 0.5) is 4.39 Å². The third-order valence-corrected chi connectivity index (χ3v) is 1.94. The van der Waals surface area contributed by atoms with Crippen LogP contribution in [-0.4, -0.2) is 10.2 Å². The Balaban J connectivity index is 3.11. The zero-order chi connectivity index (χ0) is 9.84. The maximum atomic E-state index is 12.4. The molecule has 0 aliphatic heterocycles. The molecular formula is C9H10ClFN2. The first-order valence-electron chi connectivity index (χ1n) is 3.78. The van der Waals surface area contributed by atoms with E-state index in [1.54, 1.807) is 6.08 Å². The second-order valence-electron chi connectivity index (χ2n) is 2.58. The first-order chi connectivity index (χ1) is 6.19. The van der Waals surface area contributed by atoms with Gasteiger partial charge in [-0.15, -0.1) is 0 Å². The quantitative estimate of drug-likeness (QED) is 0.747. The highest BCUT2D eigenvalue weighted by molar-refractivity contribution is 6.33. The smallest absolute Gasteiger partial charge is 0.134 e. The molecule has 0 atom stereocenters. The lowest BCUT2D eigenvalue weighted by Gasteiger charge is -1.93. The van der Waals surface area contributed by atoms with Gasteiger partial charge in [-0.25, -0.2) is 4.39 Å². The van der Waals surface area contributed by atoms with Crippen LogP contribution < -0.4 is 0 Å². The average Bonchev–Trinajstić information content (AvgIpc) is 2.48. The standard InChI is InChI=1S/C9H10ClFN2/c1-3-7(10)4-8-6(2)12-13-9(8)5-11/h3-4H,1,5H2,2H3,(H,12,13)/b7-4+. The van der Waals surface area contributed by atoms with Crippen molar-refractivity contribution in [2.75, 3.05) is 0 Å². The van der Waals surface area contributed by atoms with Crippen LogP contribution in [0.3, 0.4) is 0 Å². The van der Waals surface area contributed by atoms with E-state index in [4.69, 9.17) is 11.6 Å². The van der Waals surface area contributed by atoms with Gasteiger partial charge in [-0.05, 0) is 13.0 Å². The van der Waals surface area contributed by atoms with E-state index in [1.165, 1.54) is 6.08 Å². The summed E-state index contributed by atoms with van der Waals surface area (Å²) in [6.07, 6.45) is 3.14. The Kier molecular flexibility index (Phi) is 3.25. The van der Waals surface area contributed by atoms with Crippen molar-refractivity contribution in [2.24, 2.45) is 0 Å². The van der Waals surface area contributed by atoms with E-state index >= 15 is 0 Å². The van der Waals surface area contributed by atoms with Gasteiger partial charge in [0.25, 0.3) is 0 Å². The van der Waals surface area contributed by atoms with Gasteiger partial charge in [0.15, 0.2) is 0 Å². The largest absolute Gasteiger partial charge is 0.282 e. The lowest BCUT2D eigenvalue weighted by atomic mass is 10.2. The molecule has 0 radical (unpaired) electrons. The maximum absolute atomic E-state index is 12.4. The summed E-state index contributed by atoms with van der Waals surface area (Å²) >= 11 is 5.74. The minimum absolute atomic E-state index is 0.373. The molecule has 0 aromatic carbocycles. The van der Waals surface area contributed by atoms with E-state index in [1.807, 2.05) is 6.92 Å². The number of aromatic amines is 1. The fourth-order valence-corrected chi connectivity index (χ4v) is 1.09. The number of alkyl halides is 1. The first kappa shape index (κ1) is 9.99. The summed E-state index contributed by atoms with van der Waals surface area (Å²) in [4.78, 5) is 0. The minimum Gasteiger partial charge on any atom is -0.282 e. The summed E-state index contributed by atoms with van der Waals surface area (Å²) < 4.78 is 12.4. The number of halogens is 2. The molecule has 1 aromatic rings. The van der Waals surface area contributed by atoms with Crippen molar-refractivity contribution in [2.45, 2.75) is 13.6 Å². The maximum Gasteiger partial charge on any atom is 0.134 e. The molecular weight excluding hydrogens is 191 g/mol. The number of hydrogen-bond acceptors (Lipinski definition) is 1. The average molecular weight is 201 g/mol. The van der Waals surface area contributed by atoms with Crippen molar-refractivity contribution in [3.8, 4) is 0 Å². The van der Waals surface area contributed by atoms with Crippen LogP contribution in [0.15, 0.2) is 17.7 Å². The number of nitrogens with zero attached hydrogens (tertiary/aromatic N) is 1. The second kappa shape index (κ2) is 4.23. The molecule has 0 aliphatic rings. The highest BCUT2D eigenvalue weighted by atomic mass is 35.5. The van der Waals surface area contributed by atoms with Crippen molar-refractivity contribution in [1.82, 2.24) is 10.2 Å². The summed E-state index contributed by atoms with van der Waals surface area (Å²) in [5.74, 6) is 0. The van der Waals surface area contributed by atoms with Gasteiger partial charge in [-0.2, -0.15) is 5.10 Å². The predicted octanol–water partition coefficient (Wildman–Crippen LogP) is 2.95. The molecule has 70 valence electrons. The molecule has 0 aliphatic carbocycles. The van der Waals surface area contributed by atoms with E-state index in [9.17, 15) is 4.39 Å². The number of H-pyrrole nitrogens is 1. The normalized spacial score (nSPS) is 11.8. The zero-order valence-electron chi connectivity index (χ0n) is 7.27. The van der Waals surface area contributed by atoms with Crippen molar-refractivity contribution in [1.29, 1.82) is 0 Å². The Hall–Kier alpha value is -1.09. The van der Waals surface area contributed by atoms with Gasteiger partial charge >= 0.3 is 0 Å². The molecule has 0 unspecified atom stereocenters. The predicted molar refractivity (Wildman–Crippen MR) is 52.2 cm³/mol. The van der Waals surface area contributed by atoms with E-state index < -0.39 is 6.67 Å². The third-order valence-electron chi connectivity index (χ3n) is 1.68. The van der Waals surface area contributed by atoms with Crippen molar-refractivity contribution >= 4 is 17.7 Å². The van der Waals surface area contributed by atoms with Gasteiger partial charge in [0.05, 0.1) is 0 Å². The summed E-state index contributed by atoms with van der Waals surface area (Å²) in [5.41, 5.74) is 1.87. The van der Waals surface area contributed by atoms with Gasteiger partial charge in [0.1, 0.15) is 12.4 Å². The lowest BCUT2D eigenvalue weighted by molar-refractivity contribution is 0.475. The molecule has 1 aromatic heterocycles. The van der Waals surface area contributed by atoms with Crippen LogP contribution in [0.5, 0.6) is 0 Å². The molecule has 2 nitrogen and oxygen atoms in total. The molecule has 1 heterocycles. The number of aromatic nitrogens is 2. The fourth-order valence-electron chi connectivity index (χ4n) is 0.978. The number of aryl methyl sites for hydroxylation is 1. The molecule has 13 heavy (non-hydrogen) atoms. The highest BCUT2D eigenvalue weighted by Crippen LogP contribution is 2.17. The summed E-state index contributed by atoms with van der Waals surface area (Å²) in [5, 5.41) is 6.95. The SMILES string of the molecule is C=C/C(Cl)=C\c1c(CF)n[nH]c1C. The second-order valence-corrected chi connectivity index (χ2v) is 3.01. The Morgan fingerprint density at radius 1 is 1.77 bits per heavy atom. The number of rotatable bonds is 3. The highest BCUT2D eigenvalue weighted by Gasteiger charge is 2.07. The fraction of sp³-hybridized carbons (Fsp3) is 0.222. The van der Waals surface area contributed by atoms with Crippen molar-refractivity contribution < 1.29 is 4.39 Å². The van der Waals surface area contributed by atoms with Gasteiger partial charge in [-0.3, -0.25) is 5.10 Å². The lowest BCUT2D eigenvalue weighted by Crippen LogP contribution is -1.82. The first-order valence-corrected chi connectivity index (χ1v) is 4.16. The Morgan fingerprint density at radius 2 is 2.46 bits per heavy atom. The van der Waals surface area contributed by atoms with Crippen LogP contribution >= 0.6 is 11.6 Å². The summed E-state index contributed by atoms with van der Waals surface area (Å²) in [7, 11) is 0. The van der Waals surface area contributed by atoms with E-state index in [0.717, 1.165) is 5.69 Å². The van der Waals surface area contributed by atoms with E-state index in [-0.39, 0.29) is 0 Å². The van der Waals surface area contributed by atoms with Gasteiger partial charge < -0.3 is 0 Å². The molecule has 4 heteroatoms. The molecule has 0 bridgehead atoms. The van der Waals surface area contributed by atoms with Gasteiger partial charge in [-0.1, -0.05) is 24.3 Å². The zero-order valence-corrected chi connectivity index (χ0v) is 8.03. The Labute approximate surface area is 81.1 Å². The third kappa shape index (κ3) is 2.18. The molecule has 0 spiro atoms. The number of nitrogens with one attached hydrogen (secondary N) is 1.